The highest BCUT2D eigenvalue weighted by Gasteiger charge is 2.32. The van der Waals surface area contributed by atoms with Crippen LogP contribution in [0.3, 0.4) is 0 Å². The minimum Gasteiger partial charge on any atom is -0.493 e. The fourth-order valence-electron chi connectivity index (χ4n) is 4.82. The molecule has 196 valence electrons. The van der Waals surface area contributed by atoms with Gasteiger partial charge in [-0.25, -0.2) is 4.39 Å². The van der Waals surface area contributed by atoms with E-state index in [1.165, 1.54) is 17.7 Å². The topological polar surface area (TPSA) is 60.0 Å². The molecule has 1 heterocycles. The largest absolute Gasteiger partial charge is 0.493 e. The number of hydrogen-bond acceptors (Lipinski definition) is 5. The number of halogens is 1. The number of carbonyl (C=O) groups is 1. The van der Waals surface area contributed by atoms with Crippen LogP contribution in [0.4, 0.5) is 4.39 Å². The van der Waals surface area contributed by atoms with Crippen LogP contribution in [-0.2, 0) is 17.8 Å². The Bertz CT molecular complexity index is 1160. The molecule has 7 heteroatoms. The van der Waals surface area contributed by atoms with Gasteiger partial charge in [0.05, 0.1) is 26.7 Å². The van der Waals surface area contributed by atoms with E-state index in [4.69, 9.17) is 14.2 Å². The van der Waals surface area contributed by atoms with Gasteiger partial charge in [0.25, 0.3) is 0 Å². The van der Waals surface area contributed by atoms with Gasteiger partial charge in [-0.05, 0) is 48.2 Å². The lowest BCUT2D eigenvalue weighted by Gasteiger charge is -2.37. The average Bonchev–Trinajstić information content (AvgIpc) is 2.94. The minimum atomic E-state index is -0.321. The van der Waals surface area contributed by atoms with Crippen molar-refractivity contribution in [3.8, 4) is 17.2 Å². The van der Waals surface area contributed by atoms with Crippen molar-refractivity contribution in [3.05, 3.63) is 89.7 Å². The first-order valence-corrected chi connectivity index (χ1v) is 12.7. The molecule has 0 aromatic heterocycles. The first-order valence-electron chi connectivity index (χ1n) is 12.7. The van der Waals surface area contributed by atoms with Crippen LogP contribution in [0, 0.1) is 17.7 Å². The number of piperidine rings is 1. The molecule has 1 amide bonds. The van der Waals surface area contributed by atoms with Crippen LogP contribution >= 0.6 is 0 Å². The third-order valence-electron chi connectivity index (χ3n) is 6.74. The molecule has 1 aliphatic rings. The lowest BCUT2D eigenvalue weighted by atomic mass is 9.88. The molecular formula is C30H35FN2O4. The molecule has 1 fully saturated rings. The second-order valence-corrected chi connectivity index (χ2v) is 9.47. The standard InChI is InChI=1S/C30H35FN2O4/c1-35-28-12-11-23(16-29(28)36-2)18-32-30(34)25-15-24(21-37-27-10-6-9-26(31)17-27)19-33(20-25)14-13-22-7-4-3-5-8-22/h3-12,16-17,24-25H,13-15,18-21H2,1-2H3,(H,32,34)/t24-,25+/m0/s1. The number of hydrogen-bond donors (Lipinski definition) is 1. The number of carbonyl (C=O) groups excluding carboxylic acids is 1. The van der Waals surface area contributed by atoms with Gasteiger partial charge in [0.2, 0.25) is 5.91 Å². The van der Waals surface area contributed by atoms with Crippen molar-refractivity contribution in [1.82, 2.24) is 10.2 Å². The predicted octanol–water partition coefficient (Wildman–Crippen LogP) is 4.72. The van der Waals surface area contributed by atoms with Crippen LogP contribution in [0.25, 0.3) is 0 Å². The summed E-state index contributed by atoms with van der Waals surface area (Å²) < 4.78 is 30.2. The molecular weight excluding hydrogens is 471 g/mol. The van der Waals surface area contributed by atoms with Crippen molar-refractivity contribution >= 4 is 5.91 Å². The van der Waals surface area contributed by atoms with Gasteiger partial charge in [-0.15, -0.1) is 0 Å². The van der Waals surface area contributed by atoms with E-state index in [1.807, 2.05) is 36.4 Å². The van der Waals surface area contributed by atoms with Crippen molar-refractivity contribution in [3.63, 3.8) is 0 Å². The molecule has 2 atom stereocenters. The zero-order valence-electron chi connectivity index (χ0n) is 21.5. The molecule has 0 bridgehead atoms. The summed E-state index contributed by atoms with van der Waals surface area (Å²) >= 11 is 0. The van der Waals surface area contributed by atoms with Crippen LogP contribution in [0.15, 0.2) is 72.8 Å². The van der Waals surface area contributed by atoms with Crippen LogP contribution in [0.1, 0.15) is 17.5 Å². The van der Waals surface area contributed by atoms with Gasteiger partial charge < -0.3 is 24.4 Å². The number of ether oxygens (including phenoxy) is 3. The number of methoxy groups -OCH3 is 2. The zero-order chi connectivity index (χ0) is 26.0. The van der Waals surface area contributed by atoms with Gasteiger partial charge >= 0.3 is 0 Å². The summed E-state index contributed by atoms with van der Waals surface area (Å²) in [6.45, 7) is 3.23. The number of amides is 1. The number of likely N-dealkylation sites (tertiary alicyclic amines) is 1. The Morgan fingerprint density at radius 3 is 2.51 bits per heavy atom. The predicted molar refractivity (Wildman–Crippen MR) is 141 cm³/mol. The first-order chi connectivity index (χ1) is 18.0. The molecule has 1 aliphatic heterocycles. The quantitative estimate of drug-likeness (QED) is 0.408. The molecule has 0 spiro atoms. The number of benzene rings is 3. The van der Waals surface area contributed by atoms with Crippen molar-refractivity contribution in [2.24, 2.45) is 11.8 Å². The van der Waals surface area contributed by atoms with E-state index in [0.717, 1.165) is 31.5 Å². The average molecular weight is 507 g/mol. The molecule has 4 rings (SSSR count). The summed E-state index contributed by atoms with van der Waals surface area (Å²) in [5, 5.41) is 3.10. The van der Waals surface area contributed by atoms with Crippen molar-refractivity contribution in [2.75, 3.05) is 40.5 Å². The van der Waals surface area contributed by atoms with Crippen molar-refractivity contribution in [2.45, 2.75) is 19.4 Å². The van der Waals surface area contributed by atoms with Gasteiger partial charge in [0.1, 0.15) is 11.6 Å². The highest BCUT2D eigenvalue weighted by atomic mass is 19.1. The minimum absolute atomic E-state index is 0.0231. The summed E-state index contributed by atoms with van der Waals surface area (Å²) in [5.74, 6) is 1.49. The van der Waals surface area contributed by atoms with Crippen LogP contribution in [0.5, 0.6) is 17.2 Å². The summed E-state index contributed by atoms with van der Waals surface area (Å²) in [4.78, 5) is 15.6. The molecule has 3 aromatic carbocycles. The number of nitrogens with zero attached hydrogens (tertiary/aromatic N) is 1. The lowest BCUT2D eigenvalue weighted by Crippen LogP contribution is -2.48. The maximum atomic E-state index is 13.6. The highest BCUT2D eigenvalue weighted by Crippen LogP contribution is 2.28. The van der Waals surface area contributed by atoms with Gasteiger partial charge in [-0.2, -0.15) is 0 Å². The Kier molecular flexibility index (Phi) is 9.38. The van der Waals surface area contributed by atoms with E-state index in [9.17, 15) is 9.18 Å². The number of rotatable bonds is 11. The second kappa shape index (κ2) is 13.1. The van der Waals surface area contributed by atoms with Crippen molar-refractivity contribution in [1.29, 1.82) is 0 Å². The van der Waals surface area contributed by atoms with Crippen LogP contribution in [0.2, 0.25) is 0 Å². The monoisotopic (exact) mass is 506 g/mol. The van der Waals surface area contributed by atoms with E-state index in [1.54, 1.807) is 26.4 Å². The normalized spacial score (nSPS) is 17.7. The molecule has 0 aliphatic carbocycles. The molecule has 1 N–H and O–H groups in total. The van der Waals surface area contributed by atoms with Crippen LogP contribution in [-0.4, -0.2) is 51.3 Å². The SMILES string of the molecule is COc1ccc(CNC(=O)[C@@H]2C[C@H](COc3cccc(F)c3)CN(CCc3ccccc3)C2)cc1OC. The van der Waals surface area contributed by atoms with E-state index < -0.39 is 0 Å². The molecule has 0 saturated carbocycles. The maximum absolute atomic E-state index is 13.6. The Morgan fingerprint density at radius 2 is 1.76 bits per heavy atom. The summed E-state index contributed by atoms with van der Waals surface area (Å²) in [5.41, 5.74) is 2.21. The van der Waals surface area contributed by atoms with Gasteiger partial charge in [-0.1, -0.05) is 42.5 Å². The number of nitrogens with one attached hydrogen (secondary N) is 1. The summed E-state index contributed by atoms with van der Waals surface area (Å²) in [6, 6.07) is 22.2. The van der Waals surface area contributed by atoms with Gasteiger partial charge in [-0.3, -0.25) is 4.79 Å². The third kappa shape index (κ3) is 7.70. The Balaban J connectivity index is 1.39. The second-order valence-electron chi connectivity index (χ2n) is 9.47. The third-order valence-corrected chi connectivity index (χ3v) is 6.74. The van der Waals surface area contributed by atoms with Gasteiger partial charge in [0.15, 0.2) is 11.5 Å². The molecule has 0 radical (unpaired) electrons. The van der Waals surface area contributed by atoms with E-state index in [-0.39, 0.29) is 23.6 Å². The fraction of sp³-hybridized carbons (Fsp3) is 0.367. The summed E-state index contributed by atoms with van der Waals surface area (Å²) in [6.07, 6.45) is 1.63. The lowest BCUT2D eigenvalue weighted by molar-refractivity contribution is -0.127. The molecule has 0 unspecified atom stereocenters. The fourth-order valence-corrected chi connectivity index (χ4v) is 4.82. The van der Waals surface area contributed by atoms with Crippen molar-refractivity contribution < 1.29 is 23.4 Å². The van der Waals surface area contributed by atoms with Gasteiger partial charge in [0, 0.05) is 38.2 Å². The van der Waals surface area contributed by atoms with E-state index in [0.29, 0.717) is 36.9 Å². The van der Waals surface area contributed by atoms with Crippen LogP contribution < -0.4 is 19.5 Å². The van der Waals surface area contributed by atoms with E-state index >= 15 is 0 Å². The zero-order valence-corrected chi connectivity index (χ0v) is 21.5. The smallest absolute Gasteiger partial charge is 0.224 e. The molecule has 3 aromatic rings. The van der Waals surface area contributed by atoms with E-state index in [2.05, 4.69) is 22.3 Å². The first kappa shape index (κ1) is 26.5. The highest BCUT2D eigenvalue weighted by molar-refractivity contribution is 5.79. The molecule has 1 saturated heterocycles. The maximum Gasteiger partial charge on any atom is 0.224 e. The Hall–Kier alpha value is -3.58. The summed E-state index contributed by atoms with van der Waals surface area (Å²) in [7, 11) is 3.19. The Labute approximate surface area is 218 Å². The molecule has 6 nitrogen and oxygen atoms in total. The Morgan fingerprint density at radius 1 is 0.946 bits per heavy atom. The molecule has 37 heavy (non-hydrogen) atoms.